The fourth-order valence-electron chi connectivity index (χ4n) is 4.10. The predicted molar refractivity (Wildman–Crippen MR) is 148 cm³/mol. The van der Waals surface area contributed by atoms with E-state index in [1.54, 1.807) is 12.1 Å². The number of hydrogen-bond acceptors (Lipinski definition) is 6. The van der Waals surface area contributed by atoms with Gasteiger partial charge in [0, 0.05) is 36.1 Å². The van der Waals surface area contributed by atoms with Crippen molar-refractivity contribution in [2.45, 2.75) is 39.3 Å². The lowest BCUT2D eigenvalue weighted by molar-refractivity contribution is 0.0937. The lowest BCUT2D eigenvalue weighted by atomic mass is 10.0. The highest BCUT2D eigenvalue weighted by Gasteiger charge is 2.18. The zero-order valence-corrected chi connectivity index (χ0v) is 22.3. The molecule has 0 saturated heterocycles. The minimum Gasteiger partial charge on any atom is -0.489 e. The molecular weight excluding hydrogens is 504 g/mol. The smallest absolute Gasteiger partial charge is 0.274 e. The van der Waals surface area contributed by atoms with Crippen LogP contribution in [0, 0.1) is 6.92 Å². The summed E-state index contributed by atoms with van der Waals surface area (Å²) in [4.78, 5) is 17.7. The van der Waals surface area contributed by atoms with Crippen LogP contribution in [0.5, 0.6) is 5.75 Å². The summed E-state index contributed by atoms with van der Waals surface area (Å²) >= 11 is 0. The van der Waals surface area contributed by atoms with Crippen molar-refractivity contribution in [1.82, 2.24) is 19.4 Å². The third-order valence-corrected chi connectivity index (χ3v) is 6.48. The Kier molecular flexibility index (Phi) is 8.00. The van der Waals surface area contributed by atoms with Crippen LogP contribution in [-0.4, -0.2) is 42.4 Å². The number of fused-ring (bicyclic) bond motifs is 1. The molecule has 0 radical (unpaired) electrons. The normalized spacial score (nSPS) is 12.6. The second-order valence-electron chi connectivity index (χ2n) is 9.43. The van der Waals surface area contributed by atoms with Crippen molar-refractivity contribution in [3.63, 3.8) is 0 Å². The van der Waals surface area contributed by atoms with Crippen molar-refractivity contribution in [1.29, 1.82) is 0 Å². The number of benzene rings is 2. The molecule has 2 aromatic carbocycles. The Morgan fingerprint density at radius 1 is 1.13 bits per heavy atom. The number of carbonyl (C=O) groups excluding carboxylic acids is 1. The average Bonchev–Trinajstić information content (AvgIpc) is 3.29. The number of carbonyl (C=O) groups is 1. The third-order valence-electron chi connectivity index (χ3n) is 5.91. The Morgan fingerprint density at radius 2 is 1.87 bits per heavy atom. The fourth-order valence-corrected chi connectivity index (χ4v) is 4.53. The number of nitrogens with zero attached hydrogens (tertiary/aromatic N) is 2. The van der Waals surface area contributed by atoms with E-state index < -0.39 is 22.2 Å². The van der Waals surface area contributed by atoms with Gasteiger partial charge in [0.15, 0.2) is 0 Å². The first-order chi connectivity index (χ1) is 18.0. The van der Waals surface area contributed by atoms with Crippen molar-refractivity contribution in [3.05, 3.63) is 83.7 Å². The number of nitrogen functional groups attached to an aromatic ring is 1. The Hall–Kier alpha value is -3.93. The van der Waals surface area contributed by atoms with E-state index in [1.807, 2.05) is 74.0 Å². The maximum atomic E-state index is 13.0. The molecule has 6 N–H and O–H groups in total. The molecule has 1 amide bonds. The van der Waals surface area contributed by atoms with Crippen LogP contribution < -0.4 is 25.6 Å². The maximum Gasteiger partial charge on any atom is 0.274 e. The summed E-state index contributed by atoms with van der Waals surface area (Å²) in [5, 5.41) is 8.01. The highest BCUT2D eigenvalue weighted by Crippen LogP contribution is 2.24. The number of rotatable bonds is 10. The minimum atomic E-state index is -3.94. The Balaban J connectivity index is 1.50. The van der Waals surface area contributed by atoms with Crippen molar-refractivity contribution in [3.8, 4) is 17.0 Å². The molecule has 0 aliphatic heterocycles. The van der Waals surface area contributed by atoms with Gasteiger partial charge >= 0.3 is 0 Å². The molecule has 10 nitrogen and oxygen atoms in total. The van der Waals surface area contributed by atoms with E-state index >= 15 is 0 Å². The van der Waals surface area contributed by atoms with Crippen LogP contribution in [-0.2, 0) is 16.6 Å². The van der Waals surface area contributed by atoms with Crippen LogP contribution in [0.2, 0.25) is 0 Å². The molecule has 0 fully saturated rings. The van der Waals surface area contributed by atoms with Gasteiger partial charge in [-0.15, -0.1) is 0 Å². The summed E-state index contributed by atoms with van der Waals surface area (Å²) in [5.41, 5.74) is 11.4. The van der Waals surface area contributed by atoms with Crippen molar-refractivity contribution >= 4 is 27.5 Å². The number of aromatic nitrogens is 2. The number of aryl methyl sites for hydroxylation is 1. The monoisotopic (exact) mass is 536 g/mol. The van der Waals surface area contributed by atoms with Crippen LogP contribution in [0.25, 0.3) is 16.9 Å². The minimum absolute atomic E-state index is 0.0612. The zero-order chi connectivity index (χ0) is 27.4. The topological polar surface area (TPSA) is 154 Å². The molecule has 1 atom stereocenters. The molecule has 0 aliphatic carbocycles. The molecule has 4 rings (SSSR count). The summed E-state index contributed by atoms with van der Waals surface area (Å²) in [6, 6.07) is 16.0. The van der Waals surface area contributed by atoms with Gasteiger partial charge < -0.3 is 20.2 Å². The van der Waals surface area contributed by atoms with Gasteiger partial charge in [0.1, 0.15) is 11.4 Å². The largest absolute Gasteiger partial charge is 0.489 e. The number of pyridine rings is 1. The van der Waals surface area contributed by atoms with Crippen molar-refractivity contribution in [2.24, 2.45) is 5.14 Å². The van der Waals surface area contributed by atoms with E-state index in [0.29, 0.717) is 23.4 Å². The number of amides is 1. The lowest BCUT2D eigenvalue weighted by Crippen LogP contribution is -2.46. The van der Waals surface area contributed by atoms with Gasteiger partial charge in [-0.05, 0) is 62.6 Å². The zero-order valence-electron chi connectivity index (χ0n) is 21.5. The van der Waals surface area contributed by atoms with Crippen molar-refractivity contribution < 1.29 is 17.9 Å². The second kappa shape index (κ2) is 11.2. The van der Waals surface area contributed by atoms with Crippen LogP contribution in [0.15, 0.2) is 67.0 Å². The third kappa shape index (κ3) is 6.88. The first kappa shape index (κ1) is 27.1. The molecule has 38 heavy (non-hydrogen) atoms. The number of ether oxygens (including phenoxy) is 1. The Labute approximate surface area is 222 Å². The fraction of sp³-hybridized carbons (Fsp3) is 0.259. The summed E-state index contributed by atoms with van der Waals surface area (Å²) in [6.45, 7) is 5.70. The second-order valence-corrected chi connectivity index (χ2v) is 10.8. The molecule has 2 heterocycles. The molecule has 0 saturated carbocycles. The van der Waals surface area contributed by atoms with E-state index in [0.717, 1.165) is 28.0 Å². The van der Waals surface area contributed by atoms with E-state index in [-0.39, 0.29) is 12.6 Å². The summed E-state index contributed by atoms with van der Waals surface area (Å²) in [7, 11) is -3.94. The van der Waals surface area contributed by atoms with Gasteiger partial charge in [-0.25, -0.2) is 14.8 Å². The summed E-state index contributed by atoms with van der Waals surface area (Å²) in [5.74, 6) is 0.0931. The molecule has 4 aromatic rings. The molecule has 0 spiro atoms. The number of hydrogen-bond donors (Lipinski definition) is 4. The summed E-state index contributed by atoms with van der Waals surface area (Å²) < 4.78 is 32.9. The van der Waals surface area contributed by atoms with Crippen LogP contribution >= 0.6 is 0 Å². The number of nitrogens with one attached hydrogen (secondary N) is 2. The quantitative estimate of drug-likeness (QED) is 0.229. The molecule has 0 aliphatic rings. The number of anilines is 1. The molecule has 200 valence electrons. The predicted octanol–water partition coefficient (Wildman–Crippen LogP) is 2.81. The maximum absolute atomic E-state index is 13.0. The van der Waals surface area contributed by atoms with Gasteiger partial charge in [0.25, 0.3) is 16.1 Å². The van der Waals surface area contributed by atoms with Gasteiger partial charge in [-0.3, -0.25) is 4.79 Å². The number of nitrogens with two attached hydrogens (primary N) is 2. The number of imidazole rings is 1. The van der Waals surface area contributed by atoms with Gasteiger partial charge in [0.2, 0.25) is 0 Å². The highest BCUT2D eigenvalue weighted by atomic mass is 32.2. The first-order valence-electron chi connectivity index (χ1n) is 12.2. The standard InChI is InChI=1S/C27H32N6O4S/c1-17(2)37-25-11-10-21(14-23(25)28)27(34)31-22(15-30-38(29,35)36)13-19-6-8-20(9-7-19)24-16-33-12-4-5-18(3)26(33)32-24/h4-12,14,16-17,22,30H,13,15,28H2,1-3H3,(H,31,34)(H2,29,35,36)/t22-/m0/s1. The molecular formula is C27H32N6O4S. The Bertz CT molecular complexity index is 1550. The van der Waals surface area contributed by atoms with Crippen LogP contribution in [0.3, 0.4) is 0 Å². The average molecular weight is 537 g/mol. The molecule has 0 bridgehead atoms. The van der Waals surface area contributed by atoms with Gasteiger partial charge in [-0.1, -0.05) is 30.3 Å². The van der Waals surface area contributed by atoms with Crippen LogP contribution in [0.4, 0.5) is 5.69 Å². The first-order valence-corrected chi connectivity index (χ1v) is 13.7. The molecule has 0 unspecified atom stereocenters. The summed E-state index contributed by atoms with van der Waals surface area (Å²) in [6.07, 6.45) is 4.23. The van der Waals surface area contributed by atoms with E-state index in [4.69, 9.17) is 20.6 Å². The van der Waals surface area contributed by atoms with Gasteiger partial charge in [-0.2, -0.15) is 8.42 Å². The molecule has 11 heteroatoms. The SMILES string of the molecule is Cc1cccn2cc(-c3ccc(C[C@@H](CNS(N)(=O)=O)NC(=O)c4ccc(OC(C)C)c(N)c4)cc3)nc12. The van der Waals surface area contributed by atoms with E-state index in [2.05, 4.69) is 10.0 Å². The van der Waals surface area contributed by atoms with Gasteiger partial charge in [0.05, 0.1) is 17.5 Å². The highest BCUT2D eigenvalue weighted by molar-refractivity contribution is 7.87. The van der Waals surface area contributed by atoms with Crippen molar-refractivity contribution in [2.75, 3.05) is 12.3 Å². The van der Waals surface area contributed by atoms with Crippen LogP contribution in [0.1, 0.15) is 35.3 Å². The lowest BCUT2D eigenvalue weighted by Gasteiger charge is -2.20. The van der Waals surface area contributed by atoms with E-state index in [1.165, 1.54) is 6.07 Å². The molecule has 2 aromatic heterocycles. The van der Waals surface area contributed by atoms with E-state index in [9.17, 15) is 13.2 Å². The Morgan fingerprint density at radius 3 is 2.50 bits per heavy atom.